The van der Waals surface area contributed by atoms with Gasteiger partial charge in [0, 0.05) is 54.4 Å². The molecule has 2 aliphatic rings. The molecule has 0 spiro atoms. The van der Waals surface area contributed by atoms with Gasteiger partial charge in [-0.25, -0.2) is 19.7 Å². The van der Waals surface area contributed by atoms with E-state index in [1.807, 2.05) is 36.4 Å². The van der Waals surface area contributed by atoms with Crippen molar-refractivity contribution in [2.75, 3.05) is 64.6 Å². The van der Waals surface area contributed by atoms with E-state index < -0.39 is 5.97 Å². The summed E-state index contributed by atoms with van der Waals surface area (Å²) in [5, 5.41) is 13.5. The lowest BCUT2D eigenvalue weighted by atomic mass is 9.96. The molecule has 0 saturated carbocycles. The second-order valence-electron chi connectivity index (χ2n) is 14.8. The molecule has 2 aliphatic heterocycles. The number of fused-ring (bicyclic) bond motifs is 2. The molecule has 6 aromatic rings. The number of nitrogens with one attached hydrogen (secondary N) is 3. The molecular weight excluding hydrogens is 787 g/mol. The molecule has 2 fully saturated rings. The van der Waals surface area contributed by atoms with Crippen molar-refractivity contribution in [1.29, 1.82) is 0 Å². The van der Waals surface area contributed by atoms with Crippen LogP contribution < -0.4 is 16.0 Å². The van der Waals surface area contributed by atoms with Gasteiger partial charge in [-0.2, -0.15) is 0 Å². The Balaban J connectivity index is 0.000000179. The number of amides is 3. The van der Waals surface area contributed by atoms with E-state index in [0.29, 0.717) is 22.6 Å². The highest BCUT2D eigenvalue weighted by molar-refractivity contribution is 7.19. The largest absolute Gasteiger partial charge is 0.461 e. The van der Waals surface area contributed by atoms with Crippen LogP contribution in [0.25, 0.3) is 42.4 Å². The van der Waals surface area contributed by atoms with E-state index in [1.54, 1.807) is 50.9 Å². The summed E-state index contributed by atoms with van der Waals surface area (Å²) >= 11 is 2.90. The highest BCUT2D eigenvalue weighted by Gasteiger charge is 2.25. The highest BCUT2D eigenvalue weighted by atomic mass is 32.1. The number of hydrogen-bond donors (Lipinski definition) is 3. The number of anilines is 2. The minimum atomic E-state index is -0.429. The number of likely N-dealkylation sites (tertiary alicyclic amines) is 2. The molecule has 0 unspecified atom stereocenters. The Morgan fingerprint density at radius 1 is 0.644 bits per heavy atom. The molecule has 0 bridgehead atoms. The first-order valence-corrected chi connectivity index (χ1v) is 21.3. The summed E-state index contributed by atoms with van der Waals surface area (Å²) in [7, 11) is 5.75. The Morgan fingerprint density at radius 2 is 1.10 bits per heavy atom. The van der Waals surface area contributed by atoms with Crippen LogP contribution >= 0.6 is 22.7 Å². The van der Waals surface area contributed by atoms with Gasteiger partial charge in [0.2, 0.25) is 11.8 Å². The second kappa shape index (κ2) is 18.9. The van der Waals surface area contributed by atoms with Gasteiger partial charge in [0.05, 0.1) is 16.4 Å². The molecule has 14 nitrogen and oxygen atoms in total. The van der Waals surface area contributed by atoms with E-state index in [4.69, 9.17) is 4.74 Å². The number of nitrogens with zero attached hydrogens (tertiary/aromatic N) is 6. The summed E-state index contributed by atoms with van der Waals surface area (Å²) in [6.45, 7) is 5.87. The van der Waals surface area contributed by atoms with E-state index in [9.17, 15) is 19.2 Å². The van der Waals surface area contributed by atoms with Crippen molar-refractivity contribution in [3.8, 4) is 20.9 Å². The first-order chi connectivity index (χ1) is 28.6. The van der Waals surface area contributed by atoms with Gasteiger partial charge >= 0.3 is 5.97 Å². The molecule has 8 rings (SSSR count). The summed E-state index contributed by atoms with van der Waals surface area (Å²) in [5.74, 6) is -0.445. The van der Waals surface area contributed by atoms with Crippen LogP contribution in [0.15, 0.2) is 73.3 Å². The third kappa shape index (κ3) is 10.3. The molecule has 0 atom stereocenters. The number of hydrogen-bond acceptors (Lipinski definition) is 13. The number of pyridine rings is 2. The molecule has 2 saturated heterocycles. The number of carbonyl (C=O) groups excluding carboxylic acids is 4. The molecule has 0 radical (unpaired) electrons. The lowest BCUT2D eigenvalue weighted by Crippen LogP contribution is -2.35. The molecule has 3 amide bonds. The van der Waals surface area contributed by atoms with Gasteiger partial charge in [0.15, 0.2) is 10.3 Å². The topological polar surface area (TPSA) is 172 Å². The SMILES string of the molecule is CCOC(=O)c1cc2cc(-c3cnc(NC(=O)C4CCN(C)CC4)s3)ccc2cn1.CNC(=O)c1cc2cc(-c3cnc(NC(=O)C4CCN(C)CC4)s3)ccc2cn1. The lowest BCUT2D eigenvalue weighted by Gasteiger charge is -2.27. The zero-order valence-corrected chi connectivity index (χ0v) is 35.1. The number of esters is 1. The van der Waals surface area contributed by atoms with Crippen LogP contribution in [0.1, 0.15) is 53.6 Å². The van der Waals surface area contributed by atoms with Gasteiger partial charge in [0.1, 0.15) is 11.4 Å². The van der Waals surface area contributed by atoms with Crippen molar-refractivity contribution in [3.63, 3.8) is 0 Å². The molecule has 2 aromatic carbocycles. The Bertz CT molecular complexity index is 2470. The zero-order chi connectivity index (χ0) is 41.5. The van der Waals surface area contributed by atoms with Crippen LogP contribution in [0.5, 0.6) is 0 Å². The fourth-order valence-electron chi connectivity index (χ4n) is 7.04. The van der Waals surface area contributed by atoms with E-state index in [1.165, 1.54) is 22.7 Å². The van der Waals surface area contributed by atoms with Gasteiger partial charge in [-0.15, -0.1) is 0 Å². The van der Waals surface area contributed by atoms with Gasteiger partial charge in [-0.3, -0.25) is 19.4 Å². The second-order valence-corrected chi connectivity index (χ2v) is 16.8. The Morgan fingerprint density at radius 3 is 1.56 bits per heavy atom. The maximum absolute atomic E-state index is 12.5. The summed E-state index contributed by atoms with van der Waals surface area (Å²) in [6.07, 6.45) is 10.4. The maximum atomic E-state index is 12.5. The van der Waals surface area contributed by atoms with Crippen LogP contribution in [-0.2, 0) is 14.3 Å². The number of piperidine rings is 2. The predicted molar refractivity (Wildman–Crippen MR) is 233 cm³/mol. The van der Waals surface area contributed by atoms with Crippen LogP contribution in [-0.4, -0.2) is 107 Å². The first-order valence-electron chi connectivity index (χ1n) is 19.7. The van der Waals surface area contributed by atoms with Crippen molar-refractivity contribution in [3.05, 3.63) is 84.7 Å². The van der Waals surface area contributed by atoms with Gasteiger partial charge in [-0.05, 0) is 119 Å². The van der Waals surface area contributed by atoms with Crippen molar-refractivity contribution in [1.82, 2.24) is 35.1 Å². The molecule has 0 aliphatic carbocycles. The van der Waals surface area contributed by atoms with E-state index >= 15 is 0 Å². The number of ether oxygens (including phenoxy) is 1. The monoisotopic (exact) mass is 833 g/mol. The highest BCUT2D eigenvalue weighted by Crippen LogP contribution is 2.33. The Labute approximate surface area is 350 Å². The lowest BCUT2D eigenvalue weighted by molar-refractivity contribution is -0.121. The van der Waals surface area contributed by atoms with Crippen LogP contribution in [0.4, 0.5) is 10.3 Å². The zero-order valence-electron chi connectivity index (χ0n) is 33.5. The fraction of sp³-hybridized carbons (Fsp3) is 0.349. The molecule has 16 heteroatoms. The van der Waals surface area contributed by atoms with E-state index in [2.05, 4.69) is 59.8 Å². The molecular formula is C43H47N9O5S2. The normalized spacial score (nSPS) is 15.3. The van der Waals surface area contributed by atoms with Crippen molar-refractivity contribution >= 4 is 78.2 Å². The molecule has 4 aromatic heterocycles. The average Bonchev–Trinajstić information content (AvgIpc) is 3.93. The van der Waals surface area contributed by atoms with Gasteiger partial charge in [-0.1, -0.05) is 46.9 Å². The number of rotatable bonds is 9. The average molecular weight is 834 g/mol. The standard InChI is InChI=1S/C22H24N4O3S.C21H23N5O2S/c1-3-29-21(28)18-11-17-10-15(4-5-16(17)12-23-18)19-13-24-22(30-19)25-20(27)14-6-8-26(2)9-7-14;1-22-20(28)17-10-16-9-14(3-4-15(16)11-23-17)18-12-24-21(29-18)25-19(27)13-5-7-26(2)8-6-13/h4-5,10-14H,3,6-9H2,1-2H3,(H,24,25,27);3-4,9-13H,5-8H2,1-2H3,(H,22,28)(H,24,25,27). The molecule has 6 heterocycles. The number of aromatic nitrogens is 4. The summed E-state index contributed by atoms with van der Waals surface area (Å²) in [5.41, 5.74) is 2.63. The van der Waals surface area contributed by atoms with E-state index in [-0.39, 0.29) is 35.3 Å². The van der Waals surface area contributed by atoms with Crippen LogP contribution in [0, 0.1) is 11.8 Å². The minimum absolute atomic E-state index is 0.0445. The molecule has 306 valence electrons. The maximum Gasteiger partial charge on any atom is 0.356 e. The minimum Gasteiger partial charge on any atom is -0.461 e. The van der Waals surface area contributed by atoms with E-state index in [0.717, 1.165) is 94.3 Å². The third-order valence-corrected chi connectivity index (χ3v) is 12.5. The summed E-state index contributed by atoms with van der Waals surface area (Å²) in [4.78, 5) is 72.4. The summed E-state index contributed by atoms with van der Waals surface area (Å²) < 4.78 is 5.04. The number of thiazole rings is 2. The Kier molecular flexibility index (Phi) is 13.3. The first kappa shape index (κ1) is 41.5. The third-order valence-electron chi connectivity index (χ3n) is 10.6. The Hall–Kier alpha value is -5.68. The molecule has 59 heavy (non-hydrogen) atoms. The van der Waals surface area contributed by atoms with Crippen molar-refractivity contribution in [2.24, 2.45) is 11.8 Å². The van der Waals surface area contributed by atoms with Gasteiger partial charge in [0.25, 0.3) is 5.91 Å². The summed E-state index contributed by atoms with van der Waals surface area (Å²) in [6, 6.07) is 15.5. The van der Waals surface area contributed by atoms with Crippen LogP contribution in [0.2, 0.25) is 0 Å². The van der Waals surface area contributed by atoms with Gasteiger partial charge < -0.3 is 30.5 Å². The molecule has 3 N–H and O–H groups in total. The smallest absolute Gasteiger partial charge is 0.356 e. The van der Waals surface area contributed by atoms with Crippen molar-refractivity contribution in [2.45, 2.75) is 32.6 Å². The van der Waals surface area contributed by atoms with Crippen molar-refractivity contribution < 1.29 is 23.9 Å². The predicted octanol–water partition coefficient (Wildman–Crippen LogP) is 6.81. The number of carbonyl (C=O) groups is 4. The fourth-order valence-corrected chi connectivity index (χ4v) is 8.68. The quantitative estimate of drug-likeness (QED) is 0.131. The van der Waals surface area contributed by atoms with Crippen LogP contribution in [0.3, 0.4) is 0 Å². The number of benzene rings is 2.